The van der Waals surface area contributed by atoms with Gasteiger partial charge in [0.25, 0.3) is 0 Å². The Kier molecular flexibility index (Phi) is 4.94. The first-order chi connectivity index (χ1) is 11.3. The van der Waals surface area contributed by atoms with E-state index in [1.807, 2.05) is 42.5 Å². The number of hydrogen-bond acceptors (Lipinski definition) is 3. The van der Waals surface area contributed by atoms with E-state index in [0.717, 1.165) is 16.9 Å². The summed E-state index contributed by atoms with van der Waals surface area (Å²) in [6.07, 6.45) is 2.65. The SMILES string of the molecule is O=C(CCc1ccco1)NCCOc1ccc2ccccc2c1. The van der Waals surface area contributed by atoms with E-state index in [2.05, 4.69) is 17.4 Å². The molecule has 0 spiro atoms. The summed E-state index contributed by atoms with van der Waals surface area (Å²) in [5.74, 6) is 1.64. The Hall–Kier alpha value is -2.75. The zero-order valence-electron chi connectivity index (χ0n) is 12.8. The van der Waals surface area contributed by atoms with Gasteiger partial charge < -0.3 is 14.5 Å². The van der Waals surface area contributed by atoms with Crippen LogP contribution in [0.3, 0.4) is 0 Å². The molecular weight excluding hydrogens is 290 g/mol. The molecule has 0 radical (unpaired) electrons. The smallest absolute Gasteiger partial charge is 0.220 e. The van der Waals surface area contributed by atoms with Crippen LogP contribution >= 0.6 is 0 Å². The predicted octanol–water partition coefficient (Wildman–Crippen LogP) is 3.56. The van der Waals surface area contributed by atoms with Gasteiger partial charge in [-0.15, -0.1) is 0 Å². The monoisotopic (exact) mass is 309 g/mol. The Labute approximate surface area is 135 Å². The zero-order valence-corrected chi connectivity index (χ0v) is 12.8. The summed E-state index contributed by atoms with van der Waals surface area (Å²) in [6, 6.07) is 17.8. The Bertz CT molecular complexity index is 765. The molecule has 0 aliphatic heterocycles. The molecule has 0 aliphatic rings. The average Bonchev–Trinajstić information content (AvgIpc) is 3.10. The van der Waals surface area contributed by atoms with Crippen molar-refractivity contribution in [2.24, 2.45) is 0 Å². The third kappa shape index (κ3) is 4.36. The van der Waals surface area contributed by atoms with Crippen molar-refractivity contribution in [1.29, 1.82) is 0 Å². The van der Waals surface area contributed by atoms with Crippen LogP contribution < -0.4 is 10.1 Å². The van der Waals surface area contributed by atoms with Gasteiger partial charge in [0.1, 0.15) is 18.1 Å². The average molecular weight is 309 g/mol. The highest BCUT2D eigenvalue weighted by Crippen LogP contribution is 2.20. The van der Waals surface area contributed by atoms with Gasteiger partial charge in [-0.2, -0.15) is 0 Å². The van der Waals surface area contributed by atoms with Gasteiger partial charge in [-0.3, -0.25) is 4.79 Å². The number of carbonyl (C=O) groups is 1. The molecule has 23 heavy (non-hydrogen) atoms. The molecule has 3 aromatic rings. The number of hydrogen-bond donors (Lipinski definition) is 1. The van der Waals surface area contributed by atoms with Crippen molar-refractivity contribution in [1.82, 2.24) is 5.32 Å². The number of benzene rings is 2. The molecular formula is C19H19NO3. The maximum atomic E-state index is 11.7. The molecule has 4 nitrogen and oxygen atoms in total. The highest BCUT2D eigenvalue weighted by molar-refractivity contribution is 5.83. The van der Waals surface area contributed by atoms with Gasteiger partial charge >= 0.3 is 0 Å². The van der Waals surface area contributed by atoms with Crippen molar-refractivity contribution in [3.05, 3.63) is 66.6 Å². The van der Waals surface area contributed by atoms with Crippen LogP contribution in [0.15, 0.2) is 65.3 Å². The Morgan fingerprint density at radius 2 is 1.91 bits per heavy atom. The van der Waals surface area contributed by atoms with Gasteiger partial charge in [-0.25, -0.2) is 0 Å². The second-order valence-electron chi connectivity index (χ2n) is 5.29. The molecule has 118 valence electrons. The summed E-state index contributed by atoms with van der Waals surface area (Å²) in [7, 11) is 0. The lowest BCUT2D eigenvalue weighted by Crippen LogP contribution is -2.28. The predicted molar refractivity (Wildman–Crippen MR) is 89.5 cm³/mol. The highest BCUT2D eigenvalue weighted by Gasteiger charge is 2.03. The molecule has 0 saturated carbocycles. The van der Waals surface area contributed by atoms with E-state index in [0.29, 0.717) is 26.0 Å². The van der Waals surface area contributed by atoms with E-state index in [4.69, 9.17) is 9.15 Å². The molecule has 1 aromatic heterocycles. The molecule has 1 amide bonds. The second-order valence-corrected chi connectivity index (χ2v) is 5.29. The van der Waals surface area contributed by atoms with E-state index >= 15 is 0 Å². The first-order valence-corrected chi connectivity index (χ1v) is 7.72. The van der Waals surface area contributed by atoms with Gasteiger partial charge in [0.05, 0.1) is 12.8 Å². The Morgan fingerprint density at radius 3 is 2.74 bits per heavy atom. The van der Waals surface area contributed by atoms with Crippen LogP contribution in [-0.2, 0) is 11.2 Å². The van der Waals surface area contributed by atoms with E-state index < -0.39 is 0 Å². The summed E-state index contributed by atoms with van der Waals surface area (Å²) in [6.45, 7) is 0.939. The number of rotatable bonds is 7. The number of nitrogens with one attached hydrogen (secondary N) is 1. The van der Waals surface area contributed by atoms with Gasteiger partial charge in [0.15, 0.2) is 0 Å². The number of furan rings is 1. The van der Waals surface area contributed by atoms with Crippen molar-refractivity contribution in [3.63, 3.8) is 0 Å². The number of aryl methyl sites for hydroxylation is 1. The molecule has 1 N–H and O–H groups in total. The topological polar surface area (TPSA) is 51.5 Å². The maximum Gasteiger partial charge on any atom is 0.220 e. The standard InChI is InChI=1S/C19H19NO3/c21-19(10-9-17-6-3-12-22-17)20-11-13-23-18-8-7-15-4-1-2-5-16(15)14-18/h1-8,12,14H,9-11,13H2,(H,20,21). The van der Waals surface area contributed by atoms with Crippen LogP contribution in [0.1, 0.15) is 12.2 Å². The molecule has 0 bridgehead atoms. The molecule has 1 heterocycles. The van der Waals surface area contributed by atoms with Crippen LogP contribution in [0.5, 0.6) is 5.75 Å². The summed E-state index contributed by atoms with van der Waals surface area (Å²) in [4.78, 5) is 11.7. The van der Waals surface area contributed by atoms with E-state index in [-0.39, 0.29) is 5.91 Å². The lowest BCUT2D eigenvalue weighted by Gasteiger charge is -2.08. The number of amides is 1. The maximum absolute atomic E-state index is 11.7. The first kappa shape index (κ1) is 15.2. The second kappa shape index (κ2) is 7.49. The minimum absolute atomic E-state index is 0.00325. The summed E-state index contributed by atoms with van der Waals surface area (Å²) < 4.78 is 10.9. The quantitative estimate of drug-likeness (QED) is 0.679. The summed E-state index contributed by atoms with van der Waals surface area (Å²) in [5.41, 5.74) is 0. The van der Waals surface area contributed by atoms with E-state index in [9.17, 15) is 4.79 Å². The number of carbonyl (C=O) groups excluding carboxylic acids is 1. The lowest BCUT2D eigenvalue weighted by atomic mass is 10.1. The number of ether oxygens (including phenoxy) is 1. The van der Waals surface area contributed by atoms with E-state index in [1.165, 1.54) is 5.39 Å². The zero-order chi connectivity index (χ0) is 15.9. The fourth-order valence-electron chi connectivity index (χ4n) is 2.40. The van der Waals surface area contributed by atoms with Gasteiger partial charge in [0.2, 0.25) is 5.91 Å². The minimum Gasteiger partial charge on any atom is -0.492 e. The summed E-state index contributed by atoms with van der Waals surface area (Å²) >= 11 is 0. The van der Waals surface area contributed by atoms with Gasteiger partial charge in [-0.05, 0) is 35.0 Å². The third-order valence-corrected chi connectivity index (χ3v) is 3.59. The van der Waals surface area contributed by atoms with Crippen LogP contribution in [0.2, 0.25) is 0 Å². The van der Waals surface area contributed by atoms with Crippen LogP contribution in [0.25, 0.3) is 10.8 Å². The van der Waals surface area contributed by atoms with Crippen LogP contribution in [-0.4, -0.2) is 19.1 Å². The Morgan fingerprint density at radius 1 is 1.04 bits per heavy atom. The van der Waals surface area contributed by atoms with Crippen LogP contribution in [0, 0.1) is 0 Å². The molecule has 4 heteroatoms. The van der Waals surface area contributed by atoms with Crippen molar-refractivity contribution >= 4 is 16.7 Å². The molecule has 0 saturated heterocycles. The lowest BCUT2D eigenvalue weighted by molar-refractivity contribution is -0.121. The minimum atomic E-state index is 0.00325. The van der Waals surface area contributed by atoms with Crippen molar-refractivity contribution in [2.45, 2.75) is 12.8 Å². The molecule has 0 atom stereocenters. The van der Waals surface area contributed by atoms with Crippen LogP contribution in [0.4, 0.5) is 0 Å². The molecule has 0 aliphatic carbocycles. The fourth-order valence-corrected chi connectivity index (χ4v) is 2.40. The molecule has 2 aromatic carbocycles. The van der Waals surface area contributed by atoms with Crippen molar-refractivity contribution in [2.75, 3.05) is 13.2 Å². The van der Waals surface area contributed by atoms with E-state index in [1.54, 1.807) is 6.26 Å². The van der Waals surface area contributed by atoms with Crippen molar-refractivity contribution in [3.8, 4) is 5.75 Å². The highest BCUT2D eigenvalue weighted by atomic mass is 16.5. The molecule has 0 unspecified atom stereocenters. The normalized spacial score (nSPS) is 10.6. The summed E-state index contributed by atoms with van der Waals surface area (Å²) in [5, 5.41) is 5.18. The van der Waals surface area contributed by atoms with Crippen molar-refractivity contribution < 1.29 is 13.9 Å². The molecule has 3 rings (SSSR count). The fraction of sp³-hybridized carbons (Fsp3) is 0.211. The third-order valence-electron chi connectivity index (χ3n) is 3.59. The largest absolute Gasteiger partial charge is 0.492 e. The number of fused-ring (bicyclic) bond motifs is 1. The first-order valence-electron chi connectivity index (χ1n) is 7.72. The van der Waals surface area contributed by atoms with Gasteiger partial charge in [-0.1, -0.05) is 30.3 Å². The Balaban J connectivity index is 1.39. The van der Waals surface area contributed by atoms with Gasteiger partial charge in [0, 0.05) is 12.8 Å². The molecule has 0 fully saturated rings.